The highest BCUT2D eigenvalue weighted by molar-refractivity contribution is 6.06. The Kier molecular flexibility index (Phi) is 13.3. The summed E-state index contributed by atoms with van der Waals surface area (Å²) in [7, 11) is 10.1. The standard InChI is InChI=1S/C37H54N3O6/c1-13-38(14-2)25-19-28(41-7)34(29(20-25)42-8)37(35-30(43-9)21-26(22-31(35)44-10)39(15-3)16-4)36-32(45-11)23-27(24-33(36)46-12)40(17-5)18-6/h19-24H,13-18H2,1-12H3/q+1. The first-order valence-corrected chi connectivity index (χ1v) is 16.2. The zero-order valence-electron chi connectivity index (χ0n) is 30.0. The van der Waals surface area contributed by atoms with Crippen molar-refractivity contribution in [2.75, 3.05) is 91.7 Å². The summed E-state index contributed by atoms with van der Waals surface area (Å²) in [5.41, 5.74) is 5.88. The van der Waals surface area contributed by atoms with E-state index in [9.17, 15) is 0 Å². The van der Waals surface area contributed by atoms with Crippen LogP contribution in [-0.4, -0.2) is 92.2 Å². The third kappa shape index (κ3) is 7.08. The van der Waals surface area contributed by atoms with Gasteiger partial charge in [0, 0.05) is 67.4 Å². The molecule has 0 aliphatic heterocycles. The molecule has 1 aliphatic carbocycles. The quantitative estimate of drug-likeness (QED) is 0.187. The number of nitrogens with zero attached hydrogens (tertiary/aromatic N) is 3. The summed E-state index contributed by atoms with van der Waals surface area (Å²) in [6, 6.07) is 8.21. The fourth-order valence-electron chi connectivity index (χ4n) is 6.12. The van der Waals surface area contributed by atoms with E-state index in [-0.39, 0.29) is 0 Å². The maximum absolute atomic E-state index is 6.17. The minimum Gasteiger partial charge on any atom is -0.496 e. The highest BCUT2D eigenvalue weighted by Gasteiger charge is 2.34. The molecule has 0 radical (unpaired) electrons. The van der Waals surface area contributed by atoms with Gasteiger partial charge in [-0.3, -0.25) is 0 Å². The van der Waals surface area contributed by atoms with E-state index in [1.807, 2.05) is 0 Å². The number of benzene rings is 2. The van der Waals surface area contributed by atoms with E-state index in [4.69, 9.17) is 28.4 Å². The van der Waals surface area contributed by atoms with Gasteiger partial charge < -0.3 is 38.2 Å². The van der Waals surface area contributed by atoms with E-state index >= 15 is 0 Å². The molecule has 0 spiro atoms. The molecule has 0 aromatic heterocycles. The summed E-state index contributed by atoms with van der Waals surface area (Å²) in [5, 5.41) is 0. The summed E-state index contributed by atoms with van der Waals surface area (Å²) in [6.45, 7) is 17.8. The molecule has 0 unspecified atom stereocenters. The van der Waals surface area contributed by atoms with Crippen molar-refractivity contribution in [1.82, 2.24) is 0 Å². The molecular weight excluding hydrogens is 582 g/mol. The molecule has 2 aromatic rings. The number of hydrogen-bond acceptors (Lipinski definition) is 8. The molecule has 1 aliphatic rings. The number of hydrogen-bond donors (Lipinski definition) is 0. The number of rotatable bonds is 16. The van der Waals surface area contributed by atoms with Crippen molar-refractivity contribution in [1.29, 1.82) is 0 Å². The molecule has 0 amide bonds. The van der Waals surface area contributed by atoms with Crippen LogP contribution < -0.4 is 28.7 Å². The summed E-state index contributed by atoms with van der Waals surface area (Å²) >= 11 is 0. The molecule has 0 saturated carbocycles. The molecular formula is C37H54N3O6+. The first-order chi connectivity index (χ1) is 22.3. The van der Waals surface area contributed by atoms with Crippen LogP contribution >= 0.6 is 0 Å². The summed E-state index contributed by atoms with van der Waals surface area (Å²) in [5.74, 6) is 3.78. The van der Waals surface area contributed by atoms with E-state index in [2.05, 4.69) is 92.3 Å². The van der Waals surface area contributed by atoms with Gasteiger partial charge in [-0.2, -0.15) is 0 Å². The lowest BCUT2D eigenvalue weighted by Gasteiger charge is -2.29. The molecule has 0 N–H and O–H groups in total. The first-order valence-electron chi connectivity index (χ1n) is 16.2. The Morgan fingerprint density at radius 2 is 0.848 bits per heavy atom. The topological polar surface area (TPSA) is 64.9 Å². The zero-order chi connectivity index (χ0) is 34.0. The van der Waals surface area contributed by atoms with Crippen LogP contribution in [0.1, 0.15) is 52.7 Å². The summed E-state index contributed by atoms with van der Waals surface area (Å²) < 4.78 is 39.3. The number of methoxy groups -OCH3 is 6. The van der Waals surface area contributed by atoms with Crippen LogP contribution in [0.25, 0.3) is 5.57 Å². The van der Waals surface area contributed by atoms with E-state index in [1.54, 1.807) is 42.7 Å². The van der Waals surface area contributed by atoms with E-state index in [0.29, 0.717) is 34.5 Å². The Bertz CT molecular complexity index is 1330. The zero-order valence-corrected chi connectivity index (χ0v) is 30.0. The van der Waals surface area contributed by atoms with Crippen molar-refractivity contribution >= 4 is 22.7 Å². The maximum atomic E-state index is 6.17. The Hall–Kier alpha value is -4.27. The third-order valence-corrected chi connectivity index (χ3v) is 8.61. The van der Waals surface area contributed by atoms with Crippen molar-refractivity contribution in [2.45, 2.75) is 41.5 Å². The van der Waals surface area contributed by atoms with E-state index in [1.165, 1.54) is 0 Å². The van der Waals surface area contributed by atoms with Gasteiger partial charge in [-0.25, -0.2) is 4.58 Å². The predicted octanol–water partition coefficient (Wildman–Crippen LogP) is 6.78. The number of allylic oxidation sites excluding steroid dienone is 2. The molecule has 0 atom stereocenters. The molecule has 0 fully saturated rings. The lowest BCUT2D eigenvalue weighted by atomic mass is 9.86. The highest BCUT2D eigenvalue weighted by Crippen LogP contribution is 2.51. The van der Waals surface area contributed by atoms with Crippen molar-refractivity contribution < 1.29 is 33.0 Å². The van der Waals surface area contributed by atoms with Crippen LogP contribution in [-0.2, 0) is 9.47 Å². The van der Waals surface area contributed by atoms with Crippen LogP contribution in [0, 0.1) is 0 Å². The summed E-state index contributed by atoms with van der Waals surface area (Å²) in [6.07, 6.45) is 4.11. The van der Waals surface area contributed by atoms with Gasteiger partial charge in [0.05, 0.1) is 71.5 Å². The third-order valence-electron chi connectivity index (χ3n) is 8.61. The average Bonchev–Trinajstić information content (AvgIpc) is 3.10. The van der Waals surface area contributed by atoms with Gasteiger partial charge in [0.1, 0.15) is 47.6 Å². The van der Waals surface area contributed by atoms with Crippen molar-refractivity contribution in [3.8, 4) is 23.0 Å². The Morgan fingerprint density at radius 1 is 0.522 bits per heavy atom. The second-order valence-electron chi connectivity index (χ2n) is 10.6. The fraction of sp³-hybridized carbons (Fsp3) is 0.486. The second-order valence-corrected chi connectivity index (χ2v) is 10.6. The lowest BCUT2D eigenvalue weighted by Crippen LogP contribution is -2.23. The molecule has 0 bridgehead atoms. The molecule has 0 heterocycles. The van der Waals surface area contributed by atoms with Crippen molar-refractivity contribution in [3.63, 3.8) is 0 Å². The number of anilines is 2. The second kappa shape index (κ2) is 16.9. The van der Waals surface area contributed by atoms with Crippen LogP contribution in [0.15, 0.2) is 53.5 Å². The van der Waals surface area contributed by atoms with Gasteiger partial charge in [0.2, 0.25) is 5.71 Å². The first kappa shape index (κ1) is 36.2. The van der Waals surface area contributed by atoms with Gasteiger partial charge >= 0.3 is 0 Å². The minimum atomic E-state index is 0.630. The molecule has 3 rings (SSSR count). The van der Waals surface area contributed by atoms with Crippen molar-refractivity contribution in [2.24, 2.45) is 0 Å². The van der Waals surface area contributed by atoms with Crippen LogP contribution in [0.3, 0.4) is 0 Å². The normalized spacial score (nSPS) is 12.6. The summed E-state index contributed by atoms with van der Waals surface area (Å²) in [4.78, 5) is 4.52. The Morgan fingerprint density at radius 3 is 1.09 bits per heavy atom. The minimum absolute atomic E-state index is 0.630. The molecule has 9 heteroatoms. The average molecular weight is 637 g/mol. The molecule has 46 heavy (non-hydrogen) atoms. The fourth-order valence-corrected chi connectivity index (χ4v) is 6.12. The van der Waals surface area contributed by atoms with Crippen LogP contribution in [0.5, 0.6) is 23.0 Å². The van der Waals surface area contributed by atoms with Gasteiger partial charge in [0.25, 0.3) is 0 Å². The monoisotopic (exact) mass is 636 g/mol. The number of ether oxygens (including phenoxy) is 6. The molecule has 9 nitrogen and oxygen atoms in total. The maximum Gasteiger partial charge on any atom is 0.207 e. The van der Waals surface area contributed by atoms with E-state index in [0.717, 1.165) is 78.6 Å². The Labute approximate surface area is 276 Å². The molecule has 0 saturated heterocycles. The van der Waals surface area contributed by atoms with Gasteiger partial charge in [-0.1, -0.05) is 0 Å². The molecule has 2 aromatic carbocycles. The van der Waals surface area contributed by atoms with Gasteiger partial charge in [-0.15, -0.1) is 0 Å². The van der Waals surface area contributed by atoms with Crippen LogP contribution in [0.4, 0.5) is 11.4 Å². The van der Waals surface area contributed by atoms with Gasteiger partial charge in [-0.05, 0) is 41.5 Å². The van der Waals surface area contributed by atoms with E-state index < -0.39 is 0 Å². The molecule has 252 valence electrons. The largest absolute Gasteiger partial charge is 0.496 e. The highest BCUT2D eigenvalue weighted by atomic mass is 16.5. The smallest absolute Gasteiger partial charge is 0.207 e. The SMILES string of the molecule is CCN(CC)c1cc(OC)c(C(=C2C(OC)=CC(=[N+](CC)CC)C=C2OC)c2c(OC)cc(N(CC)CC)cc2OC)c(OC)c1. The Balaban J connectivity index is 2.69. The lowest BCUT2D eigenvalue weighted by molar-refractivity contribution is -0.519. The van der Waals surface area contributed by atoms with Gasteiger partial charge in [0.15, 0.2) is 0 Å². The van der Waals surface area contributed by atoms with Crippen LogP contribution in [0.2, 0.25) is 0 Å². The predicted molar refractivity (Wildman–Crippen MR) is 189 cm³/mol. The van der Waals surface area contributed by atoms with Crippen molar-refractivity contribution in [3.05, 3.63) is 64.6 Å².